The number of ether oxygens (including phenoxy) is 3. The first-order valence-corrected chi connectivity index (χ1v) is 8.19. The van der Waals surface area contributed by atoms with Crippen molar-refractivity contribution in [3.05, 3.63) is 59.7 Å². The molecule has 0 aliphatic heterocycles. The first kappa shape index (κ1) is 20.2. The summed E-state index contributed by atoms with van der Waals surface area (Å²) < 4.78 is 39.7. The van der Waals surface area contributed by atoms with Gasteiger partial charge in [0.25, 0.3) is 0 Å². The first-order valence-electron chi connectivity index (χ1n) is 8.19. The van der Waals surface area contributed by atoms with E-state index in [0.29, 0.717) is 17.1 Å². The molecule has 1 atom stereocenters. The van der Waals surface area contributed by atoms with Crippen molar-refractivity contribution in [3.8, 4) is 17.2 Å². The molecule has 0 aliphatic carbocycles. The van der Waals surface area contributed by atoms with Crippen LogP contribution in [0.4, 0.5) is 8.78 Å². The second-order valence-corrected chi connectivity index (χ2v) is 5.59. The van der Waals surface area contributed by atoms with Crippen LogP contribution in [0.3, 0.4) is 0 Å². The molecule has 7 heteroatoms. The molecule has 0 bridgehead atoms. The molecule has 0 fully saturated rings. The third kappa shape index (κ3) is 5.70. The van der Waals surface area contributed by atoms with Crippen LogP contribution in [0.2, 0.25) is 0 Å². The van der Waals surface area contributed by atoms with Crippen molar-refractivity contribution in [2.75, 3.05) is 14.2 Å². The summed E-state index contributed by atoms with van der Waals surface area (Å²) in [6, 6.07) is 11.3. The summed E-state index contributed by atoms with van der Waals surface area (Å²) in [5, 5.41) is 2.80. The van der Waals surface area contributed by atoms with E-state index in [1.54, 1.807) is 37.4 Å². The van der Waals surface area contributed by atoms with Crippen molar-refractivity contribution in [2.24, 2.45) is 0 Å². The highest BCUT2D eigenvalue weighted by molar-refractivity contribution is 5.92. The number of amides is 1. The molecular weight excluding hydrogens is 356 g/mol. The number of benzene rings is 2. The van der Waals surface area contributed by atoms with Gasteiger partial charge in [-0.1, -0.05) is 24.3 Å². The Balaban J connectivity index is 2.06. The molecule has 1 amide bonds. The highest BCUT2D eigenvalue weighted by Crippen LogP contribution is 2.30. The lowest BCUT2D eigenvalue weighted by atomic mass is 10.1. The molecule has 2 aromatic rings. The third-order valence-corrected chi connectivity index (χ3v) is 3.82. The number of halogens is 2. The molecule has 1 N–H and O–H groups in total. The van der Waals surface area contributed by atoms with Crippen molar-refractivity contribution in [3.63, 3.8) is 0 Å². The zero-order chi connectivity index (χ0) is 19.8. The van der Waals surface area contributed by atoms with E-state index in [4.69, 9.17) is 9.47 Å². The summed E-state index contributed by atoms with van der Waals surface area (Å²) in [6.07, 6.45) is 2.69. The van der Waals surface area contributed by atoms with Crippen molar-refractivity contribution in [2.45, 2.75) is 19.6 Å². The largest absolute Gasteiger partial charge is 0.493 e. The minimum absolute atomic E-state index is 0.00416. The molecule has 2 rings (SSSR count). The van der Waals surface area contributed by atoms with Crippen molar-refractivity contribution >= 4 is 12.0 Å². The van der Waals surface area contributed by atoms with E-state index in [1.807, 2.05) is 13.0 Å². The molecule has 144 valence electrons. The number of hydrogen-bond acceptors (Lipinski definition) is 4. The molecule has 0 aliphatic rings. The second-order valence-electron chi connectivity index (χ2n) is 5.59. The fraction of sp³-hybridized carbons (Fsp3) is 0.250. The van der Waals surface area contributed by atoms with Gasteiger partial charge in [0.2, 0.25) is 5.91 Å². The van der Waals surface area contributed by atoms with Gasteiger partial charge in [0, 0.05) is 11.6 Å². The monoisotopic (exact) mass is 377 g/mol. The number of para-hydroxylation sites is 1. The summed E-state index contributed by atoms with van der Waals surface area (Å²) >= 11 is 0. The van der Waals surface area contributed by atoms with Crippen molar-refractivity contribution in [1.29, 1.82) is 0 Å². The number of carbonyl (C=O) groups excluding carboxylic acids is 1. The van der Waals surface area contributed by atoms with Gasteiger partial charge in [-0.15, -0.1) is 0 Å². The lowest BCUT2D eigenvalue weighted by molar-refractivity contribution is -0.117. The number of hydrogen-bond donors (Lipinski definition) is 1. The molecular formula is C20H21F2NO4. The van der Waals surface area contributed by atoms with Crippen LogP contribution in [-0.2, 0) is 4.79 Å². The molecule has 0 spiro atoms. The maximum atomic E-state index is 12.4. The number of nitrogens with one attached hydrogen (secondary N) is 1. The van der Waals surface area contributed by atoms with Gasteiger partial charge in [-0.25, -0.2) is 0 Å². The Kier molecular flexibility index (Phi) is 7.16. The minimum Gasteiger partial charge on any atom is -0.493 e. The molecule has 5 nitrogen and oxygen atoms in total. The van der Waals surface area contributed by atoms with Crippen molar-refractivity contribution in [1.82, 2.24) is 5.32 Å². The standard InChI is InChI=1S/C20H21F2NO4/c1-13(15-8-10-17(25-2)18(12-15)26-3)23-19(24)11-9-14-6-4-5-7-16(14)27-20(21)22/h4-13,20H,1-3H3,(H,23,24)/b11-9+. The predicted octanol–water partition coefficient (Wildman–Crippen LogP) is 4.20. The van der Waals surface area contributed by atoms with Gasteiger partial charge in [0.05, 0.1) is 20.3 Å². The Labute approximate surface area is 156 Å². The Morgan fingerprint density at radius 3 is 2.41 bits per heavy atom. The topological polar surface area (TPSA) is 56.8 Å². The van der Waals surface area contributed by atoms with E-state index in [0.717, 1.165) is 5.56 Å². The summed E-state index contributed by atoms with van der Waals surface area (Å²) in [7, 11) is 3.08. The van der Waals surface area contributed by atoms with E-state index < -0.39 is 6.61 Å². The van der Waals surface area contributed by atoms with E-state index >= 15 is 0 Å². The SMILES string of the molecule is COc1ccc(C(C)NC(=O)/C=C/c2ccccc2OC(F)F)cc1OC. The lowest BCUT2D eigenvalue weighted by Crippen LogP contribution is -2.24. The molecule has 1 unspecified atom stereocenters. The fourth-order valence-electron chi connectivity index (χ4n) is 2.45. The van der Waals surface area contributed by atoms with Crippen LogP contribution in [0.25, 0.3) is 6.08 Å². The summed E-state index contributed by atoms with van der Waals surface area (Å²) in [4.78, 5) is 12.2. The molecule has 27 heavy (non-hydrogen) atoms. The molecule has 0 radical (unpaired) electrons. The van der Waals surface area contributed by atoms with E-state index in [-0.39, 0.29) is 17.7 Å². The Morgan fingerprint density at radius 1 is 1.04 bits per heavy atom. The van der Waals surface area contributed by atoms with Crippen LogP contribution in [0.15, 0.2) is 48.5 Å². The maximum absolute atomic E-state index is 12.4. The molecule has 0 saturated heterocycles. The van der Waals surface area contributed by atoms with Gasteiger partial charge in [-0.05, 0) is 36.8 Å². The summed E-state index contributed by atoms with van der Waals surface area (Å²) in [6.45, 7) is -1.11. The predicted molar refractivity (Wildman–Crippen MR) is 98.2 cm³/mol. The highest BCUT2D eigenvalue weighted by Gasteiger charge is 2.12. The normalized spacial score (nSPS) is 12.1. The van der Waals surface area contributed by atoms with Crippen LogP contribution in [0.5, 0.6) is 17.2 Å². The Bertz CT molecular complexity index is 808. The van der Waals surface area contributed by atoms with E-state index in [2.05, 4.69) is 10.1 Å². The first-order chi connectivity index (χ1) is 12.9. The number of rotatable bonds is 8. The van der Waals surface area contributed by atoms with E-state index in [1.165, 1.54) is 25.3 Å². The van der Waals surface area contributed by atoms with Gasteiger partial charge in [0.15, 0.2) is 11.5 Å². The zero-order valence-electron chi connectivity index (χ0n) is 15.2. The van der Waals surface area contributed by atoms with Gasteiger partial charge < -0.3 is 19.5 Å². The Hall–Kier alpha value is -3.09. The summed E-state index contributed by atoms with van der Waals surface area (Å²) in [5.74, 6) is 0.786. The van der Waals surface area contributed by atoms with Gasteiger partial charge >= 0.3 is 6.61 Å². The molecule has 2 aromatic carbocycles. The molecule has 0 heterocycles. The van der Waals surface area contributed by atoms with Crippen LogP contribution < -0.4 is 19.5 Å². The molecule has 0 saturated carbocycles. The highest BCUT2D eigenvalue weighted by atomic mass is 19.3. The number of alkyl halides is 2. The second kappa shape index (κ2) is 9.56. The lowest BCUT2D eigenvalue weighted by Gasteiger charge is -2.15. The fourth-order valence-corrected chi connectivity index (χ4v) is 2.45. The van der Waals surface area contributed by atoms with Gasteiger partial charge in [-0.3, -0.25) is 4.79 Å². The van der Waals surface area contributed by atoms with Gasteiger partial charge in [-0.2, -0.15) is 8.78 Å². The van der Waals surface area contributed by atoms with Crippen LogP contribution in [-0.4, -0.2) is 26.7 Å². The minimum atomic E-state index is -2.93. The quantitative estimate of drug-likeness (QED) is 0.701. The smallest absolute Gasteiger partial charge is 0.387 e. The number of methoxy groups -OCH3 is 2. The average Bonchev–Trinajstić information content (AvgIpc) is 2.66. The van der Waals surface area contributed by atoms with Crippen LogP contribution in [0.1, 0.15) is 24.1 Å². The van der Waals surface area contributed by atoms with Gasteiger partial charge in [0.1, 0.15) is 5.75 Å². The number of carbonyl (C=O) groups is 1. The maximum Gasteiger partial charge on any atom is 0.387 e. The Morgan fingerprint density at radius 2 is 1.74 bits per heavy atom. The molecule has 0 aromatic heterocycles. The average molecular weight is 377 g/mol. The van der Waals surface area contributed by atoms with Crippen LogP contribution >= 0.6 is 0 Å². The summed E-state index contributed by atoms with van der Waals surface area (Å²) in [5.41, 5.74) is 1.21. The zero-order valence-corrected chi connectivity index (χ0v) is 15.2. The van der Waals surface area contributed by atoms with E-state index in [9.17, 15) is 13.6 Å². The third-order valence-electron chi connectivity index (χ3n) is 3.82. The van der Waals surface area contributed by atoms with Crippen LogP contribution in [0, 0.1) is 0 Å². The van der Waals surface area contributed by atoms with Crippen molar-refractivity contribution < 1.29 is 27.8 Å².